The van der Waals surface area contributed by atoms with Crippen LogP contribution >= 0.6 is 23.2 Å². The van der Waals surface area contributed by atoms with Gasteiger partial charge in [0.1, 0.15) is 22.6 Å². The van der Waals surface area contributed by atoms with Crippen molar-refractivity contribution in [3.63, 3.8) is 0 Å². The van der Waals surface area contributed by atoms with Gasteiger partial charge in [0.25, 0.3) is 0 Å². The number of hydrogen-bond acceptors (Lipinski definition) is 3. The van der Waals surface area contributed by atoms with Gasteiger partial charge in [-0.05, 0) is 37.0 Å². The van der Waals surface area contributed by atoms with E-state index in [0.717, 1.165) is 12.2 Å². The van der Waals surface area contributed by atoms with Crippen molar-refractivity contribution in [2.24, 2.45) is 5.92 Å². The number of aromatic nitrogens is 2. The van der Waals surface area contributed by atoms with Gasteiger partial charge in [0, 0.05) is 18.2 Å². The summed E-state index contributed by atoms with van der Waals surface area (Å²) in [4.78, 5) is 8.61. The Hall–Kier alpha value is -1.39. The third kappa shape index (κ3) is 3.38. The monoisotopic (exact) mass is 311 g/mol. The predicted molar refractivity (Wildman–Crippen MR) is 78.2 cm³/mol. The normalized spacial score (nSPS) is 14.3. The van der Waals surface area contributed by atoms with Gasteiger partial charge in [-0.1, -0.05) is 23.2 Å². The fraction of sp³-hybridized carbons (Fsp3) is 0.286. The van der Waals surface area contributed by atoms with Crippen LogP contribution in [0.5, 0.6) is 0 Å². The van der Waals surface area contributed by atoms with Gasteiger partial charge in [0.05, 0.1) is 5.02 Å². The fourth-order valence-electron chi connectivity index (χ4n) is 1.92. The van der Waals surface area contributed by atoms with Crippen LogP contribution in [0.3, 0.4) is 0 Å². The van der Waals surface area contributed by atoms with Crippen LogP contribution in [0, 0.1) is 11.7 Å². The van der Waals surface area contributed by atoms with E-state index in [2.05, 4.69) is 15.3 Å². The van der Waals surface area contributed by atoms with Gasteiger partial charge in [0.15, 0.2) is 0 Å². The van der Waals surface area contributed by atoms with Crippen LogP contribution in [0.15, 0.2) is 24.3 Å². The molecule has 1 aliphatic rings. The summed E-state index contributed by atoms with van der Waals surface area (Å²) >= 11 is 11.6. The lowest BCUT2D eigenvalue weighted by Gasteiger charge is -2.08. The molecule has 3 nitrogen and oxygen atoms in total. The summed E-state index contributed by atoms with van der Waals surface area (Å²) in [6.07, 6.45) is 3.28. The second kappa shape index (κ2) is 5.54. The molecule has 0 radical (unpaired) electrons. The maximum Gasteiger partial charge on any atom is 0.143 e. The molecule has 1 saturated carbocycles. The number of rotatable bonds is 4. The van der Waals surface area contributed by atoms with E-state index in [-0.39, 0.29) is 5.02 Å². The van der Waals surface area contributed by atoms with Gasteiger partial charge in [-0.15, -0.1) is 0 Å². The molecule has 20 heavy (non-hydrogen) atoms. The van der Waals surface area contributed by atoms with Gasteiger partial charge in [0.2, 0.25) is 0 Å². The van der Waals surface area contributed by atoms with Crippen LogP contribution in [0.4, 0.5) is 15.9 Å². The molecule has 104 valence electrons. The molecule has 0 spiro atoms. The summed E-state index contributed by atoms with van der Waals surface area (Å²) in [6, 6.07) is 6.11. The quantitative estimate of drug-likeness (QED) is 0.837. The Morgan fingerprint density at radius 3 is 2.70 bits per heavy atom. The maximum absolute atomic E-state index is 13.4. The molecule has 1 aliphatic carbocycles. The summed E-state index contributed by atoms with van der Waals surface area (Å²) in [7, 11) is 0. The molecular formula is C14H12Cl2FN3. The zero-order valence-corrected chi connectivity index (χ0v) is 12.0. The average molecular weight is 312 g/mol. The first-order valence-electron chi connectivity index (χ1n) is 6.36. The number of nitrogens with zero attached hydrogens (tertiary/aromatic N) is 2. The summed E-state index contributed by atoms with van der Waals surface area (Å²) in [5.74, 6) is 1.48. The Labute approximate surface area is 126 Å². The molecule has 1 fully saturated rings. The van der Waals surface area contributed by atoms with Crippen LogP contribution in [-0.4, -0.2) is 9.97 Å². The van der Waals surface area contributed by atoms with Crippen molar-refractivity contribution in [2.75, 3.05) is 5.32 Å². The highest BCUT2D eigenvalue weighted by atomic mass is 35.5. The second-order valence-electron chi connectivity index (χ2n) is 4.89. The minimum absolute atomic E-state index is 0.0886. The minimum atomic E-state index is -0.477. The second-order valence-corrected chi connectivity index (χ2v) is 5.69. The predicted octanol–water partition coefficient (Wildman–Crippen LogP) is 4.62. The van der Waals surface area contributed by atoms with Crippen molar-refractivity contribution in [3.8, 4) is 0 Å². The third-order valence-corrected chi connectivity index (χ3v) is 3.60. The molecule has 0 unspecified atom stereocenters. The van der Waals surface area contributed by atoms with Crippen LogP contribution < -0.4 is 5.32 Å². The molecule has 1 aromatic carbocycles. The molecule has 2 aromatic rings. The third-order valence-electron chi connectivity index (χ3n) is 3.10. The molecule has 0 amide bonds. The number of anilines is 2. The van der Waals surface area contributed by atoms with E-state index in [1.165, 1.54) is 25.0 Å². The molecular weight excluding hydrogens is 300 g/mol. The van der Waals surface area contributed by atoms with Gasteiger partial charge < -0.3 is 5.32 Å². The van der Waals surface area contributed by atoms with Crippen molar-refractivity contribution in [1.29, 1.82) is 0 Å². The number of hydrogen-bond donors (Lipinski definition) is 1. The molecule has 1 N–H and O–H groups in total. The van der Waals surface area contributed by atoms with Crippen LogP contribution in [0.25, 0.3) is 0 Å². The van der Waals surface area contributed by atoms with Crippen molar-refractivity contribution in [1.82, 2.24) is 9.97 Å². The largest absolute Gasteiger partial charge is 0.340 e. The van der Waals surface area contributed by atoms with E-state index < -0.39 is 5.82 Å². The number of benzene rings is 1. The van der Waals surface area contributed by atoms with E-state index >= 15 is 0 Å². The standard InChI is InChI=1S/C14H12Cl2FN3/c15-10-4-3-9(6-11(10)17)18-14-7-12(16)19-13(20-14)5-8-1-2-8/h3-4,6-8H,1-2,5H2,(H,18,19,20). The zero-order valence-electron chi connectivity index (χ0n) is 10.5. The average Bonchev–Trinajstić information content (AvgIpc) is 3.17. The summed E-state index contributed by atoms with van der Waals surface area (Å²) in [5, 5.41) is 3.48. The lowest BCUT2D eigenvalue weighted by atomic mass is 10.3. The number of halogens is 3. The maximum atomic E-state index is 13.4. The first-order chi connectivity index (χ1) is 9.60. The lowest BCUT2D eigenvalue weighted by Crippen LogP contribution is -2.01. The summed E-state index contributed by atoms with van der Waals surface area (Å²) in [6.45, 7) is 0. The smallest absolute Gasteiger partial charge is 0.143 e. The SMILES string of the molecule is Fc1cc(Nc2cc(Cl)nc(CC3CC3)n2)ccc1Cl. The van der Waals surface area contributed by atoms with Crippen molar-refractivity contribution >= 4 is 34.7 Å². The Morgan fingerprint density at radius 2 is 2.00 bits per heavy atom. The molecule has 6 heteroatoms. The topological polar surface area (TPSA) is 37.8 Å². The van der Waals surface area contributed by atoms with Crippen molar-refractivity contribution < 1.29 is 4.39 Å². The van der Waals surface area contributed by atoms with Gasteiger partial charge in [-0.2, -0.15) is 0 Å². The molecule has 3 rings (SSSR count). The highest BCUT2D eigenvalue weighted by Crippen LogP contribution is 2.32. The molecule has 0 bridgehead atoms. The lowest BCUT2D eigenvalue weighted by molar-refractivity contribution is 0.629. The van der Waals surface area contributed by atoms with E-state index in [0.29, 0.717) is 22.6 Å². The molecule has 0 aliphatic heterocycles. The van der Waals surface area contributed by atoms with Crippen LogP contribution in [0.1, 0.15) is 18.7 Å². The Kier molecular flexibility index (Phi) is 3.76. The van der Waals surface area contributed by atoms with Crippen LogP contribution in [-0.2, 0) is 6.42 Å². The fourth-order valence-corrected chi connectivity index (χ4v) is 2.24. The first kappa shape index (κ1) is 13.6. The molecule has 1 heterocycles. The summed E-state index contributed by atoms with van der Waals surface area (Å²) < 4.78 is 13.4. The summed E-state index contributed by atoms with van der Waals surface area (Å²) in [5.41, 5.74) is 0.569. The Morgan fingerprint density at radius 1 is 1.20 bits per heavy atom. The van der Waals surface area contributed by atoms with Crippen molar-refractivity contribution in [3.05, 3.63) is 46.1 Å². The first-order valence-corrected chi connectivity index (χ1v) is 7.11. The highest BCUT2D eigenvalue weighted by Gasteiger charge is 2.23. The van der Waals surface area contributed by atoms with Crippen molar-refractivity contribution in [2.45, 2.75) is 19.3 Å². The molecule has 1 aromatic heterocycles. The van der Waals surface area contributed by atoms with E-state index in [4.69, 9.17) is 23.2 Å². The van der Waals surface area contributed by atoms with E-state index in [1.54, 1.807) is 12.1 Å². The van der Waals surface area contributed by atoms with Crippen LogP contribution in [0.2, 0.25) is 10.2 Å². The Balaban J connectivity index is 1.81. The van der Waals surface area contributed by atoms with Gasteiger partial charge in [-0.25, -0.2) is 14.4 Å². The van der Waals surface area contributed by atoms with E-state index in [1.807, 2.05) is 0 Å². The Bertz CT molecular complexity index is 644. The number of nitrogens with one attached hydrogen (secondary N) is 1. The zero-order chi connectivity index (χ0) is 14.1. The molecule has 0 atom stereocenters. The van der Waals surface area contributed by atoms with Gasteiger partial charge >= 0.3 is 0 Å². The molecule has 0 saturated heterocycles. The minimum Gasteiger partial charge on any atom is -0.340 e. The van der Waals surface area contributed by atoms with E-state index in [9.17, 15) is 4.39 Å². The highest BCUT2D eigenvalue weighted by molar-refractivity contribution is 6.30. The van der Waals surface area contributed by atoms with Gasteiger partial charge in [-0.3, -0.25) is 0 Å².